The van der Waals surface area contributed by atoms with Crippen LogP contribution in [0.1, 0.15) is 48.8 Å². The number of para-hydroxylation sites is 1. The summed E-state index contributed by atoms with van der Waals surface area (Å²) < 4.78 is 5.04. The minimum Gasteiger partial charge on any atom is -0.469 e. The lowest BCUT2D eigenvalue weighted by Gasteiger charge is -2.30. The minimum atomic E-state index is -0.256. The number of benzene rings is 2. The molecule has 2 aromatic carbocycles. The molecule has 0 bridgehead atoms. The maximum absolute atomic E-state index is 12.8. The van der Waals surface area contributed by atoms with Crippen molar-refractivity contribution >= 4 is 17.7 Å². The first kappa shape index (κ1) is 23.3. The monoisotopic (exact) mass is 449 g/mol. The van der Waals surface area contributed by atoms with E-state index in [9.17, 15) is 9.59 Å². The zero-order valence-corrected chi connectivity index (χ0v) is 19.8. The molecule has 0 spiro atoms. The molecule has 2 aliphatic rings. The van der Waals surface area contributed by atoms with Crippen molar-refractivity contribution in [3.05, 3.63) is 65.2 Å². The van der Waals surface area contributed by atoms with Crippen LogP contribution in [-0.4, -0.2) is 56.2 Å². The summed E-state index contributed by atoms with van der Waals surface area (Å²) in [5, 5.41) is 2.99. The number of esters is 1. The number of amides is 2. The summed E-state index contributed by atoms with van der Waals surface area (Å²) in [4.78, 5) is 29.5. The summed E-state index contributed by atoms with van der Waals surface area (Å²) in [6.07, 6.45) is 4.76. The molecule has 2 heterocycles. The first-order valence-electron chi connectivity index (χ1n) is 12.1. The van der Waals surface area contributed by atoms with Gasteiger partial charge in [-0.05, 0) is 54.6 Å². The molecular weight excluding hydrogens is 414 g/mol. The van der Waals surface area contributed by atoms with Crippen LogP contribution in [0.5, 0.6) is 0 Å². The van der Waals surface area contributed by atoms with Gasteiger partial charge in [-0.3, -0.25) is 9.69 Å². The van der Waals surface area contributed by atoms with Crippen molar-refractivity contribution in [1.82, 2.24) is 10.2 Å². The topological polar surface area (TPSA) is 61.9 Å². The van der Waals surface area contributed by atoms with E-state index in [0.29, 0.717) is 6.54 Å². The van der Waals surface area contributed by atoms with Crippen molar-refractivity contribution in [2.24, 2.45) is 0 Å². The smallest absolute Gasteiger partial charge is 0.322 e. The second kappa shape index (κ2) is 10.8. The number of nitrogens with one attached hydrogen (secondary N) is 1. The number of anilines is 1. The first-order valence-corrected chi connectivity index (χ1v) is 12.1. The molecule has 1 N–H and O–H groups in total. The molecule has 6 heteroatoms. The molecule has 0 radical (unpaired) electrons. The summed E-state index contributed by atoms with van der Waals surface area (Å²) in [6.45, 7) is 6.06. The highest BCUT2D eigenvalue weighted by molar-refractivity contribution is 5.95. The lowest BCUT2D eigenvalue weighted by Crippen LogP contribution is -2.39. The fourth-order valence-electron chi connectivity index (χ4n) is 5.10. The summed E-state index contributed by atoms with van der Waals surface area (Å²) in [6, 6.07) is 16.1. The normalized spacial score (nSPS) is 19.5. The first-order chi connectivity index (χ1) is 16.1. The summed E-state index contributed by atoms with van der Waals surface area (Å²) in [7, 11) is 1.42. The van der Waals surface area contributed by atoms with Crippen LogP contribution < -0.4 is 10.2 Å². The maximum atomic E-state index is 12.8. The van der Waals surface area contributed by atoms with E-state index in [-0.39, 0.29) is 30.4 Å². The number of hydrogen-bond donors (Lipinski definition) is 1. The van der Waals surface area contributed by atoms with E-state index in [1.807, 2.05) is 30.3 Å². The Bertz CT molecular complexity index is 962. The largest absolute Gasteiger partial charge is 0.469 e. The number of urea groups is 1. The molecule has 1 saturated heterocycles. The zero-order chi connectivity index (χ0) is 23.2. The molecule has 176 valence electrons. The second-order valence-corrected chi connectivity index (χ2v) is 9.07. The average Bonchev–Trinajstić information content (AvgIpc) is 3.11. The van der Waals surface area contributed by atoms with Crippen molar-refractivity contribution in [3.8, 4) is 0 Å². The SMILES string of the molecule is CCCCN1CCc2ccc(C(CC(=O)OC)C3CNC(=O)N3c3ccccc3)cc2CC1. The van der Waals surface area contributed by atoms with Crippen LogP contribution in [0, 0.1) is 0 Å². The Morgan fingerprint density at radius 1 is 1.12 bits per heavy atom. The second-order valence-electron chi connectivity index (χ2n) is 9.07. The number of carbonyl (C=O) groups is 2. The van der Waals surface area contributed by atoms with E-state index in [1.165, 1.54) is 31.1 Å². The highest BCUT2D eigenvalue weighted by Crippen LogP contribution is 2.34. The number of methoxy groups -OCH3 is 1. The van der Waals surface area contributed by atoms with Gasteiger partial charge in [0.1, 0.15) is 0 Å². The Morgan fingerprint density at radius 2 is 1.88 bits per heavy atom. The molecule has 1 fully saturated rings. The third-order valence-electron chi connectivity index (χ3n) is 7.01. The van der Waals surface area contributed by atoms with E-state index < -0.39 is 0 Å². The predicted molar refractivity (Wildman–Crippen MR) is 131 cm³/mol. The molecule has 6 nitrogen and oxygen atoms in total. The van der Waals surface area contributed by atoms with Gasteiger partial charge in [-0.2, -0.15) is 0 Å². The molecule has 0 aliphatic carbocycles. The fourth-order valence-corrected chi connectivity index (χ4v) is 5.10. The Hall–Kier alpha value is -2.86. The van der Waals surface area contributed by atoms with Gasteiger partial charge in [0, 0.05) is 31.2 Å². The van der Waals surface area contributed by atoms with Crippen molar-refractivity contribution in [2.45, 2.75) is 51.0 Å². The Morgan fingerprint density at radius 3 is 2.61 bits per heavy atom. The summed E-state index contributed by atoms with van der Waals surface area (Å²) in [5.74, 6) is -0.408. The molecular formula is C27H35N3O3. The van der Waals surface area contributed by atoms with E-state index >= 15 is 0 Å². The zero-order valence-electron chi connectivity index (χ0n) is 19.8. The number of nitrogens with zero attached hydrogens (tertiary/aromatic N) is 2. The van der Waals surface area contributed by atoms with Crippen LogP contribution in [0.25, 0.3) is 0 Å². The third-order valence-corrected chi connectivity index (χ3v) is 7.01. The van der Waals surface area contributed by atoms with Crippen molar-refractivity contribution in [3.63, 3.8) is 0 Å². The van der Waals surface area contributed by atoms with Gasteiger partial charge in [0.25, 0.3) is 0 Å². The van der Waals surface area contributed by atoms with Crippen LogP contribution in [0.15, 0.2) is 48.5 Å². The van der Waals surface area contributed by atoms with Gasteiger partial charge >= 0.3 is 12.0 Å². The van der Waals surface area contributed by atoms with Crippen LogP contribution in [0.4, 0.5) is 10.5 Å². The summed E-state index contributed by atoms with van der Waals surface area (Å²) in [5.41, 5.74) is 4.71. The van der Waals surface area contributed by atoms with E-state index in [1.54, 1.807) is 4.90 Å². The average molecular weight is 450 g/mol. The van der Waals surface area contributed by atoms with E-state index in [2.05, 4.69) is 35.3 Å². The highest BCUT2D eigenvalue weighted by Gasteiger charge is 2.39. The Kier molecular flexibility index (Phi) is 7.65. The molecule has 2 atom stereocenters. The van der Waals surface area contributed by atoms with E-state index in [4.69, 9.17) is 4.74 Å². The van der Waals surface area contributed by atoms with Crippen LogP contribution in [-0.2, 0) is 22.4 Å². The minimum absolute atomic E-state index is 0.123. The number of rotatable bonds is 8. The molecule has 2 aromatic rings. The van der Waals surface area contributed by atoms with Crippen LogP contribution >= 0.6 is 0 Å². The number of fused-ring (bicyclic) bond motifs is 1. The highest BCUT2D eigenvalue weighted by atomic mass is 16.5. The van der Waals surface area contributed by atoms with Crippen LogP contribution in [0.3, 0.4) is 0 Å². The van der Waals surface area contributed by atoms with Gasteiger partial charge in [0.15, 0.2) is 0 Å². The van der Waals surface area contributed by atoms with Gasteiger partial charge in [-0.15, -0.1) is 0 Å². The standard InChI is InChI=1S/C27H35N3O3/c1-3-4-14-29-15-12-20-10-11-22(17-21(20)13-16-29)24(18-26(31)33-2)25-19-28-27(32)30(25)23-8-6-5-7-9-23/h5-11,17,24-25H,3-4,12-16,18-19H2,1-2H3,(H,28,32). The van der Waals surface area contributed by atoms with Crippen molar-refractivity contribution < 1.29 is 14.3 Å². The number of ether oxygens (including phenoxy) is 1. The lowest BCUT2D eigenvalue weighted by atomic mass is 9.85. The molecule has 2 aliphatic heterocycles. The van der Waals surface area contributed by atoms with Gasteiger partial charge < -0.3 is 15.0 Å². The molecule has 2 unspecified atom stereocenters. The Balaban J connectivity index is 1.62. The van der Waals surface area contributed by atoms with E-state index in [0.717, 1.165) is 43.7 Å². The maximum Gasteiger partial charge on any atom is 0.322 e. The van der Waals surface area contributed by atoms with Gasteiger partial charge in [0.05, 0.1) is 19.6 Å². The molecule has 2 amide bonds. The number of hydrogen-bond acceptors (Lipinski definition) is 4. The fraction of sp³-hybridized carbons (Fsp3) is 0.481. The number of carbonyl (C=O) groups excluding carboxylic acids is 2. The molecule has 0 saturated carbocycles. The quantitative estimate of drug-likeness (QED) is 0.616. The molecule has 0 aromatic heterocycles. The summed E-state index contributed by atoms with van der Waals surface area (Å²) >= 11 is 0. The molecule has 4 rings (SSSR count). The third kappa shape index (κ3) is 5.38. The van der Waals surface area contributed by atoms with Gasteiger partial charge in [-0.25, -0.2) is 4.79 Å². The predicted octanol–water partition coefficient (Wildman–Crippen LogP) is 4.13. The van der Waals surface area contributed by atoms with Gasteiger partial charge in [0.2, 0.25) is 0 Å². The van der Waals surface area contributed by atoms with Crippen molar-refractivity contribution in [2.75, 3.05) is 38.2 Å². The number of unbranched alkanes of at least 4 members (excludes halogenated alkanes) is 1. The molecule has 33 heavy (non-hydrogen) atoms. The lowest BCUT2D eigenvalue weighted by molar-refractivity contribution is -0.141. The van der Waals surface area contributed by atoms with Crippen molar-refractivity contribution in [1.29, 1.82) is 0 Å². The Labute approximate surface area is 196 Å². The van der Waals surface area contributed by atoms with Gasteiger partial charge in [-0.1, -0.05) is 49.7 Å². The van der Waals surface area contributed by atoms with Crippen LogP contribution in [0.2, 0.25) is 0 Å².